The van der Waals surface area contributed by atoms with Gasteiger partial charge in [-0.2, -0.15) is 0 Å². The molecule has 2 rings (SSSR count). The van der Waals surface area contributed by atoms with Crippen LogP contribution in [0.5, 0.6) is 0 Å². The third kappa shape index (κ3) is 4.74. The quantitative estimate of drug-likeness (QED) is 0.455. The van der Waals surface area contributed by atoms with Gasteiger partial charge in [-0.1, -0.05) is 6.07 Å². The van der Waals surface area contributed by atoms with Crippen molar-refractivity contribution < 1.29 is 18.8 Å². The summed E-state index contributed by atoms with van der Waals surface area (Å²) in [6, 6.07) is 8.27. The van der Waals surface area contributed by atoms with Crippen LogP contribution in [0.1, 0.15) is 15.9 Å². The second kappa shape index (κ2) is 8.20. The Morgan fingerprint density at radius 2 is 1.96 bits per heavy atom. The maximum atomic E-state index is 13.9. The van der Waals surface area contributed by atoms with Gasteiger partial charge in [0, 0.05) is 31.5 Å². The highest BCUT2D eigenvalue weighted by atomic mass is 19.1. The zero-order valence-electron chi connectivity index (χ0n) is 13.8. The number of nitro groups is 1. The lowest BCUT2D eigenvalue weighted by Gasteiger charge is -2.12. The number of methoxy groups -OCH3 is 1. The summed E-state index contributed by atoms with van der Waals surface area (Å²) in [5.41, 5.74) is 0.933. The molecule has 0 aliphatic heterocycles. The molecule has 0 fully saturated rings. The minimum atomic E-state index is -0.647. The minimum Gasteiger partial charge on any atom is -0.383 e. The standard InChI is InChI=1S/C17H18FN3O4/c1-11-3-5-16(14(18)9-11)20-17(22)13-10-12(21(23)24)4-6-15(13)19-7-8-25-2/h3-6,9-10,19H,7-8H2,1-2H3,(H,20,22). The molecule has 2 N–H and O–H groups in total. The number of anilines is 2. The Kier molecular flexibility index (Phi) is 6.02. The zero-order chi connectivity index (χ0) is 18.4. The molecule has 0 radical (unpaired) electrons. The lowest BCUT2D eigenvalue weighted by atomic mass is 10.1. The van der Waals surface area contributed by atoms with Crippen molar-refractivity contribution >= 4 is 23.0 Å². The number of halogens is 1. The van der Waals surface area contributed by atoms with Crippen molar-refractivity contribution in [1.29, 1.82) is 0 Å². The Labute approximate surface area is 144 Å². The fourth-order valence-electron chi connectivity index (χ4n) is 2.19. The van der Waals surface area contributed by atoms with Crippen molar-refractivity contribution in [2.24, 2.45) is 0 Å². The van der Waals surface area contributed by atoms with Gasteiger partial charge in [-0.15, -0.1) is 0 Å². The summed E-state index contributed by atoms with van der Waals surface area (Å²) >= 11 is 0. The number of non-ortho nitro benzene ring substituents is 1. The van der Waals surface area contributed by atoms with Crippen molar-refractivity contribution in [2.75, 3.05) is 30.9 Å². The van der Waals surface area contributed by atoms with Crippen molar-refractivity contribution in [1.82, 2.24) is 0 Å². The van der Waals surface area contributed by atoms with E-state index >= 15 is 0 Å². The van der Waals surface area contributed by atoms with Crippen LogP contribution in [0.25, 0.3) is 0 Å². The summed E-state index contributed by atoms with van der Waals surface area (Å²) in [5, 5.41) is 16.4. The van der Waals surface area contributed by atoms with Crippen molar-refractivity contribution in [2.45, 2.75) is 6.92 Å². The summed E-state index contributed by atoms with van der Waals surface area (Å²) in [6.07, 6.45) is 0. The molecule has 132 valence electrons. The Morgan fingerprint density at radius 3 is 2.60 bits per heavy atom. The van der Waals surface area contributed by atoms with Gasteiger partial charge < -0.3 is 15.4 Å². The van der Waals surface area contributed by atoms with Gasteiger partial charge >= 0.3 is 0 Å². The molecular formula is C17H18FN3O4. The number of carbonyl (C=O) groups is 1. The monoisotopic (exact) mass is 347 g/mol. The Hall–Kier alpha value is -3.00. The van der Waals surface area contributed by atoms with Gasteiger partial charge in [0.05, 0.1) is 22.8 Å². The highest BCUT2D eigenvalue weighted by Crippen LogP contribution is 2.24. The first-order chi connectivity index (χ1) is 11.9. The van der Waals surface area contributed by atoms with Crippen molar-refractivity contribution in [3.05, 3.63) is 63.5 Å². The van der Waals surface area contributed by atoms with E-state index in [0.29, 0.717) is 24.4 Å². The molecule has 0 saturated carbocycles. The van der Waals surface area contributed by atoms with Crippen LogP contribution < -0.4 is 10.6 Å². The number of ether oxygens (including phenoxy) is 1. The number of benzene rings is 2. The molecule has 0 aliphatic rings. The smallest absolute Gasteiger partial charge is 0.270 e. The summed E-state index contributed by atoms with van der Waals surface area (Å²) < 4.78 is 18.9. The molecule has 25 heavy (non-hydrogen) atoms. The largest absolute Gasteiger partial charge is 0.383 e. The molecule has 0 aliphatic carbocycles. The van der Waals surface area contributed by atoms with Crippen LogP contribution in [0, 0.1) is 22.9 Å². The molecule has 2 aromatic rings. The predicted octanol–water partition coefficient (Wildman–Crippen LogP) is 3.35. The van der Waals surface area contributed by atoms with Gasteiger partial charge in [0.1, 0.15) is 5.82 Å². The average Bonchev–Trinajstić information content (AvgIpc) is 2.57. The SMILES string of the molecule is COCCNc1ccc([N+](=O)[O-])cc1C(=O)Nc1ccc(C)cc1F. The van der Waals surface area contributed by atoms with Crippen molar-refractivity contribution in [3.8, 4) is 0 Å². The van der Waals surface area contributed by atoms with Gasteiger partial charge in [-0.25, -0.2) is 4.39 Å². The lowest BCUT2D eigenvalue weighted by Crippen LogP contribution is -2.17. The number of nitro benzene ring substituents is 1. The van der Waals surface area contributed by atoms with Crippen LogP contribution in [0.3, 0.4) is 0 Å². The zero-order valence-corrected chi connectivity index (χ0v) is 13.8. The normalized spacial score (nSPS) is 10.4. The van der Waals surface area contributed by atoms with Gasteiger partial charge in [0.2, 0.25) is 0 Å². The van der Waals surface area contributed by atoms with E-state index in [1.807, 2.05) is 0 Å². The molecule has 0 spiro atoms. The first-order valence-corrected chi connectivity index (χ1v) is 7.51. The summed E-state index contributed by atoms with van der Waals surface area (Å²) in [7, 11) is 1.53. The molecular weight excluding hydrogens is 329 g/mol. The van der Waals surface area contributed by atoms with Gasteiger partial charge in [0.25, 0.3) is 11.6 Å². The Balaban J connectivity index is 2.31. The molecule has 7 nitrogen and oxygen atoms in total. The number of hydrogen-bond acceptors (Lipinski definition) is 5. The fourth-order valence-corrected chi connectivity index (χ4v) is 2.19. The highest BCUT2D eigenvalue weighted by molar-refractivity contribution is 6.08. The molecule has 0 saturated heterocycles. The number of hydrogen-bond donors (Lipinski definition) is 2. The highest BCUT2D eigenvalue weighted by Gasteiger charge is 2.18. The van der Waals surface area contributed by atoms with E-state index in [-0.39, 0.29) is 16.9 Å². The van der Waals surface area contributed by atoms with E-state index in [1.54, 1.807) is 13.0 Å². The molecule has 0 atom stereocenters. The van der Waals surface area contributed by atoms with Gasteiger partial charge in [-0.05, 0) is 30.7 Å². The van der Waals surface area contributed by atoms with E-state index < -0.39 is 16.6 Å². The van der Waals surface area contributed by atoms with Gasteiger partial charge in [-0.3, -0.25) is 14.9 Å². The topological polar surface area (TPSA) is 93.5 Å². The van der Waals surface area contributed by atoms with E-state index in [1.165, 1.54) is 31.4 Å². The first kappa shape index (κ1) is 18.3. The summed E-state index contributed by atoms with van der Waals surface area (Å²) in [4.78, 5) is 22.9. The Bertz CT molecular complexity index is 795. The molecule has 0 heterocycles. The van der Waals surface area contributed by atoms with E-state index in [0.717, 1.165) is 6.07 Å². The number of nitrogens with one attached hydrogen (secondary N) is 2. The second-order valence-electron chi connectivity index (χ2n) is 5.34. The van der Waals surface area contributed by atoms with E-state index in [2.05, 4.69) is 10.6 Å². The van der Waals surface area contributed by atoms with Crippen LogP contribution in [-0.2, 0) is 4.74 Å². The minimum absolute atomic E-state index is 0.00458. The third-order valence-corrected chi connectivity index (χ3v) is 3.45. The number of aryl methyl sites for hydroxylation is 1. The van der Waals surface area contributed by atoms with Crippen molar-refractivity contribution in [3.63, 3.8) is 0 Å². The number of rotatable bonds is 7. The number of carbonyl (C=O) groups excluding carboxylic acids is 1. The van der Waals surface area contributed by atoms with Crippen LogP contribution in [0.4, 0.5) is 21.5 Å². The second-order valence-corrected chi connectivity index (χ2v) is 5.34. The molecule has 0 unspecified atom stereocenters. The average molecular weight is 347 g/mol. The molecule has 1 amide bonds. The molecule has 8 heteroatoms. The molecule has 2 aromatic carbocycles. The van der Waals surface area contributed by atoms with Crippen LogP contribution in [0.15, 0.2) is 36.4 Å². The van der Waals surface area contributed by atoms with Gasteiger partial charge in [0.15, 0.2) is 0 Å². The first-order valence-electron chi connectivity index (χ1n) is 7.51. The Morgan fingerprint density at radius 1 is 1.24 bits per heavy atom. The maximum Gasteiger partial charge on any atom is 0.270 e. The van der Waals surface area contributed by atoms with Crippen LogP contribution in [-0.4, -0.2) is 31.1 Å². The molecule has 0 bridgehead atoms. The number of nitrogens with zero attached hydrogens (tertiary/aromatic N) is 1. The summed E-state index contributed by atoms with van der Waals surface area (Å²) in [5.74, 6) is -1.22. The third-order valence-electron chi connectivity index (χ3n) is 3.45. The number of amides is 1. The fraction of sp³-hybridized carbons (Fsp3) is 0.235. The van der Waals surface area contributed by atoms with E-state index in [9.17, 15) is 19.3 Å². The van der Waals surface area contributed by atoms with Crippen LogP contribution >= 0.6 is 0 Å². The van der Waals surface area contributed by atoms with Crippen LogP contribution in [0.2, 0.25) is 0 Å². The summed E-state index contributed by atoms with van der Waals surface area (Å²) in [6.45, 7) is 2.53. The maximum absolute atomic E-state index is 13.9. The lowest BCUT2D eigenvalue weighted by molar-refractivity contribution is -0.384. The molecule has 0 aromatic heterocycles. The predicted molar refractivity (Wildman–Crippen MR) is 92.6 cm³/mol. The van der Waals surface area contributed by atoms with E-state index in [4.69, 9.17) is 4.74 Å².